The van der Waals surface area contributed by atoms with Crippen molar-refractivity contribution in [1.82, 2.24) is 10.6 Å². The van der Waals surface area contributed by atoms with Crippen molar-refractivity contribution in [1.29, 1.82) is 0 Å². The molecular formula is C10H17N3O2. The van der Waals surface area contributed by atoms with Crippen LogP contribution in [0.5, 0.6) is 0 Å². The van der Waals surface area contributed by atoms with E-state index < -0.39 is 11.4 Å². The molecule has 0 heterocycles. The fourth-order valence-corrected chi connectivity index (χ4v) is 1.15. The van der Waals surface area contributed by atoms with Crippen LogP contribution in [0.15, 0.2) is 0 Å². The molecule has 0 aromatic rings. The zero-order chi connectivity index (χ0) is 11.9. The van der Waals surface area contributed by atoms with Gasteiger partial charge in [0, 0.05) is 12.0 Å². The van der Waals surface area contributed by atoms with Crippen LogP contribution in [0.1, 0.15) is 20.3 Å². The number of terminal acetylenes is 1. The van der Waals surface area contributed by atoms with Gasteiger partial charge in [-0.2, -0.15) is 0 Å². The molecule has 0 saturated heterocycles. The third kappa shape index (κ3) is 7.52. The van der Waals surface area contributed by atoms with Gasteiger partial charge in [-0.25, -0.2) is 0 Å². The average Bonchev–Trinajstić information content (AvgIpc) is 2.00. The highest BCUT2D eigenvalue weighted by Gasteiger charge is 2.22. The zero-order valence-corrected chi connectivity index (χ0v) is 9.09. The van der Waals surface area contributed by atoms with Crippen LogP contribution in [0.3, 0.4) is 0 Å². The van der Waals surface area contributed by atoms with Gasteiger partial charge in [0.05, 0.1) is 13.1 Å². The molecule has 0 spiro atoms. The van der Waals surface area contributed by atoms with E-state index in [0.717, 1.165) is 0 Å². The van der Waals surface area contributed by atoms with Gasteiger partial charge in [-0.05, 0) is 13.8 Å². The first-order valence-corrected chi connectivity index (χ1v) is 4.61. The number of nitrogens with two attached hydrogens (primary N) is 1. The van der Waals surface area contributed by atoms with Gasteiger partial charge in [0.1, 0.15) is 0 Å². The summed E-state index contributed by atoms with van der Waals surface area (Å²) >= 11 is 0. The lowest BCUT2D eigenvalue weighted by atomic mass is 10.0. The minimum Gasteiger partial charge on any atom is -0.370 e. The summed E-state index contributed by atoms with van der Waals surface area (Å²) in [6.45, 7) is 3.93. The molecule has 0 atom stereocenters. The van der Waals surface area contributed by atoms with E-state index in [1.54, 1.807) is 13.8 Å². The molecule has 0 radical (unpaired) electrons. The van der Waals surface area contributed by atoms with E-state index in [4.69, 9.17) is 12.2 Å². The van der Waals surface area contributed by atoms with E-state index in [1.165, 1.54) is 0 Å². The summed E-state index contributed by atoms with van der Waals surface area (Å²) < 4.78 is 0. The van der Waals surface area contributed by atoms with Crippen LogP contribution < -0.4 is 16.4 Å². The highest BCUT2D eigenvalue weighted by atomic mass is 16.2. The second kappa shape index (κ2) is 6.04. The molecule has 0 rings (SSSR count). The number of carbonyl (C=O) groups excluding carboxylic acids is 2. The van der Waals surface area contributed by atoms with Crippen molar-refractivity contribution >= 4 is 11.8 Å². The van der Waals surface area contributed by atoms with Gasteiger partial charge in [-0.3, -0.25) is 14.9 Å². The molecule has 0 unspecified atom stereocenters. The smallest absolute Gasteiger partial charge is 0.234 e. The van der Waals surface area contributed by atoms with Crippen LogP contribution >= 0.6 is 0 Å². The Morgan fingerprint density at radius 1 is 1.47 bits per heavy atom. The van der Waals surface area contributed by atoms with Gasteiger partial charge >= 0.3 is 0 Å². The highest BCUT2D eigenvalue weighted by molar-refractivity contribution is 5.81. The highest BCUT2D eigenvalue weighted by Crippen LogP contribution is 2.06. The first-order chi connectivity index (χ1) is 6.87. The minimum atomic E-state index is -0.624. The first-order valence-electron chi connectivity index (χ1n) is 4.61. The van der Waals surface area contributed by atoms with Gasteiger partial charge in [-0.15, -0.1) is 6.42 Å². The van der Waals surface area contributed by atoms with Crippen molar-refractivity contribution in [2.75, 3.05) is 13.1 Å². The number of rotatable bonds is 6. The second-order valence-corrected chi connectivity index (χ2v) is 3.88. The summed E-state index contributed by atoms with van der Waals surface area (Å²) in [5.74, 6) is 1.69. The van der Waals surface area contributed by atoms with Crippen molar-refractivity contribution in [2.45, 2.75) is 25.8 Å². The number of hydrogen-bond acceptors (Lipinski definition) is 3. The Labute approximate surface area is 89.8 Å². The summed E-state index contributed by atoms with van der Waals surface area (Å²) in [4.78, 5) is 22.0. The van der Waals surface area contributed by atoms with Gasteiger partial charge < -0.3 is 11.1 Å². The summed E-state index contributed by atoms with van der Waals surface area (Å²) in [5.41, 5.74) is 4.42. The number of hydrogen-bond donors (Lipinski definition) is 3. The van der Waals surface area contributed by atoms with Gasteiger partial charge in [0.15, 0.2) is 0 Å². The maximum atomic E-state index is 11.3. The monoisotopic (exact) mass is 211 g/mol. The Hall–Kier alpha value is -1.54. The third-order valence-corrected chi connectivity index (χ3v) is 1.61. The maximum Gasteiger partial charge on any atom is 0.234 e. The molecule has 0 aliphatic carbocycles. The van der Waals surface area contributed by atoms with Crippen molar-refractivity contribution in [2.24, 2.45) is 5.73 Å². The van der Waals surface area contributed by atoms with E-state index in [1.807, 2.05) is 0 Å². The molecular weight excluding hydrogens is 194 g/mol. The topological polar surface area (TPSA) is 84.2 Å². The number of primary amides is 1. The molecule has 0 aromatic heterocycles. The molecule has 0 bridgehead atoms. The lowest BCUT2D eigenvalue weighted by Gasteiger charge is -2.24. The number of amides is 2. The van der Waals surface area contributed by atoms with Gasteiger partial charge in [0.2, 0.25) is 11.8 Å². The van der Waals surface area contributed by atoms with E-state index in [9.17, 15) is 9.59 Å². The van der Waals surface area contributed by atoms with E-state index in [0.29, 0.717) is 6.54 Å². The quantitative estimate of drug-likeness (QED) is 0.388. The summed E-state index contributed by atoms with van der Waals surface area (Å²) in [6.07, 6.45) is 5.11. The molecule has 4 N–H and O–H groups in total. The molecule has 84 valence electrons. The minimum absolute atomic E-state index is 0.105. The maximum absolute atomic E-state index is 11.3. The molecule has 2 amide bonds. The Morgan fingerprint density at radius 2 is 2.07 bits per heavy atom. The SMILES string of the molecule is C#CCNCC(=O)NC(C)(C)CC(N)=O. The van der Waals surface area contributed by atoms with E-state index >= 15 is 0 Å². The van der Waals surface area contributed by atoms with Gasteiger partial charge in [-0.1, -0.05) is 5.92 Å². The molecule has 0 fully saturated rings. The summed E-state index contributed by atoms with van der Waals surface area (Å²) in [6, 6.07) is 0. The lowest BCUT2D eigenvalue weighted by molar-refractivity contribution is -0.123. The predicted molar refractivity (Wildman–Crippen MR) is 57.7 cm³/mol. The lowest BCUT2D eigenvalue weighted by Crippen LogP contribution is -2.48. The van der Waals surface area contributed by atoms with Crippen LogP contribution in [-0.2, 0) is 9.59 Å². The molecule has 0 aromatic carbocycles. The van der Waals surface area contributed by atoms with Crippen molar-refractivity contribution < 1.29 is 9.59 Å². The zero-order valence-electron chi connectivity index (χ0n) is 9.09. The Morgan fingerprint density at radius 3 is 2.53 bits per heavy atom. The second-order valence-electron chi connectivity index (χ2n) is 3.88. The fraction of sp³-hybridized carbons (Fsp3) is 0.600. The molecule has 0 aliphatic heterocycles. The Kier molecular flexibility index (Phi) is 5.42. The largest absolute Gasteiger partial charge is 0.370 e. The van der Waals surface area contributed by atoms with Crippen LogP contribution in [0, 0.1) is 12.3 Å². The van der Waals surface area contributed by atoms with Gasteiger partial charge in [0.25, 0.3) is 0 Å². The van der Waals surface area contributed by atoms with Crippen molar-refractivity contribution in [3.05, 3.63) is 0 Å². The molecule has 5 nitrogen and oxygen atoms in total. The Balaban J connectivity index is 3.94. The Bertz CT molecular complexity index is 279. The first kappa shape index (κ1) is 13.5. The molecule has 0 aliphatic rings. The summed E-state index contributed by atoms with van der Waals surface area (Å²) in [5, 5.41) is 5.42. The van der Waals surface area contributed by atoms with Crippen molar-refractivity contribution in [3.8, 4) is 12.3 Å². The molecule has 5 heteroatoms. The van der Waals surface area contributed by atoms with Crippen LogP contribution in [0.25, 0.3) is 0 Å². The summed E-state index contributed by atoms with van der Waals surface area (Å²) in [7, 11) is 0. The van der Waals surface area contributed by atoms with Crippen LogP contribution in [0.2, 0.25) is 0 Å². The standard InChI is InChI=1S/C10H17N3O2/c1-4-5-12-7-9(15)13-10(2,3)6-8(11)14/h1,12H,5-7H2,2-3H3,(H2,11,14)(H,13,15). The fourth-order valence-electron chi connectivity index (χ4n) is 1.15. The van der Waals surface area contributed by atoms with E-state index in [-0.39, 0.29) is 18.9 Å². The number of carbonyl (C=O) groups is 2. The number of nitrogens with one attached hydrogen (secondary N) is 2. The van der Waals surface area contributed by atoms with Crippen LogP contribution in [-0.4, -0.2) is 30.4 Å². The van der Waals surface area contributed by atoms with E-state index in [2.05, 4.69) is 16.6 Å². The third-order valence-electron chi connectivity index (χ3n) is 1.61. The van der Waals surface area contributed by atoms with Crippen LogP contribution in [0.4, 0.5) is 0 Å². The normalized spacial score (nSPS) is 10.5. The predicted octanol–water partition coefficient (Wildman–Crippen LogP) is -1.02. The molecule has 15 heavy (non-hydrogen) atoms. The van der Waals surface area contributed by atoms with Crippen molar-refractivity contribution in [3.63, 3.8) is 0 Å². The molecule has 0 saturated carbocycles. The average molecular weight is 211 g/mol.